The van der Waals surface area contributed by atoms with Gasteiger partial charge in [-0.05, 0) is 48.0 Å². The van der Waals surface area contributed by atoms with Gasteiger partial charge in [0.05, 0.1) is 24.4 Å². The summed E-state index contributed by atoms with van der Waals surface area (Å²) in [6.07, 6.45) is 0.360. The Morgan fingerprint density at radius 1 is 0.966 bits per heavy atom. The first-order chi connectivity index (χ1) is 14.1. The monoisotopic (exact) mass is 424 g/mol. The maximum absolute atomic E-state index is 6.39. The Morgan fingerprint density at radius 2 is 1.72 bits per heavy atom. The van der Waals surface area contributed by atoms with Gasteiger partial charge >= 0.3 is 0 Å². The molecule has 2 aliphatic heterocycles. The highest BCUT2D eigenvalue weighted by Crippen LogP contribution is 2.49. The molecule has 2 aliphatic rings. The van der Waals surface area contributed by atoms with Gasteiger partial charge in [-0.15, -0.1) is 0 Å². The summed E-state index contributed by atoms with van der Waals surface area (Å²) in [4.78, 5) is 0. The number of fused-ring (bicyclic) bond motifs is 3. The number of para-hydroxylation sites is 1. The number of rotatable bonds is 3. The topological polar surface area (TPSA) is 34.1 Å². The lowest BCUT2D eigenvalue weighted by atomic mass is 9.96. The van der Waals surface area contributed by atoms with E-state index in [0.29, 0.717) is 10.0 Å². The molecule has 3 aromatic rings. The van der Waals surface area contributed by atoms with E-state index >= 15 is 0 Å². The van der Waals surface area contributed by atoms with Gasteiger partial charge < -0.3 is 9.47 Å². The molecule has 0 spiro atoms. The average Bonchev–Trinajstić information content (AvgIpc) is 3.19. The Hall–Kier alpha value is -2.69. The molecular weight excluding hydrogens is 407 g/mol. The molecule has 0 aromatic heterocycles. The number of benzene rings is 3. The second-order valence-electron chi connectivity index (χ2n) is 7.05. The van der Waals surface area contributed by atoms with Gasteiger partial charge in [-0.1, -0.05) is 47.5 Å². The van der Waals surface area contributed by atoms with E-state index in [0.717, 1.165) is 40.3 Å². The Bertz CT molecular complexity index is 1100. The molecule has 0 aliphatic carbocycles. The molecule has 0 N–H and O–H groups in total. The minimum absolute atomic E-state index is 0.0260. The van der Waals surface area contributed by atoms with Crippen LogP contribution in [0.2, 0.25) is 10.0 Å². The third-order valence-electron chi connectivity index (χ3n) is 5.33. The summed E-state index contributed by atoms with van der Waals surface area (Å²) in [6, 6.07) is 21.4. The van der Waals surface area contributed by atoms with Gasteiger partial charge in [-0.2, -0.15) is 5.10 Å². The predicted molar refractivity (Wildman–Crippen MR) is 115 cm³/mol. The Kier molecular flexibility index (Phi) is 4.61. The highest BCUT2D eigenvalue weighted by molar-refractivity contribution is 6.31. The first-order valence-electron chi connectivity index (χ1n) is 9.35. The van der Waals surface area contributed by atoms with Crippen molar-refractivity contribution >= 4 is 28.9 Å². The standard InChI is InChI=1S/C23H18Cl2N2O2/c1-28-21-5-3-2-4-17(21)23-27-20(18-12-16(25)10-11-22(18)29-23)13-19(26-27)14-6-8-15(24)9-7-14/h2-12,20,23H,13H2,1H3/t20-,23+/m1/s1. The van der Waals surface area contributed by atoms with Crippen LogP contribution in [-0.2, 0) is 0 Å². The van der Waals surface area contributed by atoms with Crippen molar-refractivity contribution in [3.8, 4) is 11.5 Å². The van der Waals surface area contributed by atoms with Gasteiger partial charge in [0.25, 0.3) is 0 Å². The molecule has 0 unspecified atom stereocenters. The van der Waals surface area contributed by atoms with E-state index in [1.807, 2.05) is 71.7 Å². The fourth-order valence-corrected chi connectivity index (χ4v) is 4.26. The zero-order chi connectivity index (χ0) is 20.0. The Balaban J connectivity index is 1.62. The predicted octanol–water partition coefficient (Wildman–Crippen LogP) is 6.24. The van der Waals surface area contributed by atoms with Crippen LogP contribution < -0.4 is 9.47 Å². The highest BCUT2D eigenvalue weighted by Gasteiger charge is 2.42. The van der Waals surface area contributed by atoms with E-state index < -0.39 is 6.23 Å². The number of nitrogens with zero attached hydrogens (tertiary/aromatic N) is 2. The zero-order valence-corrected chi connectivity index (χ0v) is 17.2. The fourth-order valence-electron chi connectivity index (χ4n) is 3.95. The second-order valence-corrected chi connectivity index (χ2v) is 7.92. The molecule has 0 saturated carbocycles. The van der Waals surface area contributed by atoms with Crippen LogP contribution in [0.4, 0.5) is 0 Å². The molecule has 3 aromatic carbocycles. The summed E-state index contributed by atoms with van der Waals surface area (Å²) in [5.74, 6) is 1.59. The third kappa shape index (κ3) is 3.22. The largest absolute Gasteiger partial charge is 0.496 e. The van der Waals surface area contributed by atoms with Crippen molar-refractivity contribution in [2.75, 3.05) is 7.11 Å². The number of hydrogen-bond acceptors (Lipinski definition) is 4. The SMILES string of the molecule is COc1ccccc1[C@@H]1Oc2ccc(Cl)cc2[C@H]2CC(c3ccc(Cl)cc3)=NN21. The molecule has 0 fully saturated rings. The number of methoxy groups -OCH3 is 1. The third-order valence-corrected chi connectivity index (χ3v) is 5.82. The highest BCUT2D eigenvalue weighted by atomic mass is 35.5. The smallest absolute Gasteiger partial charge is 0.217 e. The lowest BCUT2D eigenvalue weighted by molar-refractivity contribution is -0.0203. The summed E-state index contributed by atoms with van der Waals surface area (Å²) >= 11 is 12.4. The first kappa shape index (κ1) is 18.3. The first-order valence-corrected chi connectivity index (χ1v) is 10.1. The van der Waals surface area contributed by atoms with Crippen LogP contribution in [0.15, 0.2) is 71.8 Å². The van der Waals surface area contributed by atoms with E-state index in [-0.39, 0.29) is 6.04 Å². The van der Waals surface area contributed by atoms with E-state index in [4.69, 9.17) is 37.8 Å². The van der Waals surface area contributed by atoms with Crippen LogP contribution in [0.5, 0.6) is 11.5 Å². The van der Waals surface area contributed by atoms with Gasteiger partial charge in [0, 0.05) is 22.0 Å². The van der Waals surface area contributed by atoms with E-state index in [1.54, 1.807) is 7.11 Å². The van der Waals surface area contributed by atoms with Crippen molar-refractivity contribution in [3.05, 3.63) is 93.5 Å². The molecule has 5 rings (SSSR count). The minimum atomic E-state index is -0.394. The van der Waals surface area contributed by atoms with Crippen LogP contribution in [0, 0.1) is 0 Å². The van der Waals surface area contributed by atoms with Gasteiger partial charge in [-0.25, -0.2) is 5.01 Å². The number of ether oxygens (including phenoxy) is 2. The number of hydrogen-bond donors (Lipinski definition) is 0. The molecular formula is C23H18Cl2N2O2. The molecule has 2 heterocycles. The van der Waals surface area contributed by atoms with Crippen molar-refractivity contribution in [2.24, 2.45) is 5.10 Å². The van der Waals surface area contributed by atoms with Crippen molar-refractivity contribution in [2.45, 2.75) is 18.7 Å². The molecule has 0 radical (unpaired) electrons. The van der Waals surface area contributed by atoms with Crippen LogP contribution in [0.25, 0.3) is 0 Å². The molecule has 6 heteroatoms. The molecule has 0 bridgehead atoms. The summed E-state index contributed by atoms with van der Waals surface area (Å²) < 4.78 is 12.0. The van der Waals surface area contributed by atoms with Crippen molar-refractivity contribution < 1.29 is 9.47 Å². The summed E-state index contributed by atoms with van der Waals surface area (Å²) in [7, 11) is 1.67. The lowest BCUT2D eigenvalue weighted by Gasteiger charge is -2.38. The summed E-state index contributed by atoms with van der Waals surface area (Å²) in [5.41, 5.74) is 4.01. The maximum Gasteiger partial charge on any atom is 0.217 e. The normalized spacial score (nSPS) is 19.8. The summed E-state index contributed by atoms with van der Waals surface area (Å²) in [5, 5.41) is 8.36. The van der Waals surface area contributed by atoms with Gasteiger partial charge in [0.15, 0.2) is 0 Å². The quantitative estimate of drug-likeness (QED) is 0.498. The molecule has 29 heavy (non-hydrogen) atoms. The van der Waals surface area contributed by atoms with Gasteiger partial charge in [0.2, 0.25) is 6.23 Å². The molecule has 2 atom stereocenters. The number of halogens is 2. The Morgan fingerprint density at radius 3 is 2.52 bits per heavy atom. The molecule has 4 nitrogen and oxygen atoms in total. The summed E-state index contributed by atoms with van der Waals surface area (Å²) in [6.45, 7) is 0. The van der Waals surface area contributed by atoms with Crippen LogP contribution in [0.3, 0.4) is 0 Å². The minimum Gasteiger partial charge on any atom is -0.496 e. The molecule has 0 amide bonds. The van der Waals surface area contributed by atoms with Crippen LogP contribution in [0.1, 0.15) is 35.4 Å². The lowest BCUT2D eigenvalue weighted by Crippen LogP contribution is -2.33. The van der Waals surface area contributed by atoms with Crippen LogP contribution >= 0.6 is 23.2 Å². The Labute approximate surface area is 179 Å². The van der Waals surface area contributed by atoms with Crippen molar-refractivity contribution in [1.29, 1.82) is 0 Å². The second kappa shape index (κ2) is 7.29. The molecule has 146 valence electrons. The van der Waals surface area contributed by atoms with Gasteiger partial charge in [-0.3, -0.25) is 0 Å². The van der Waals surface area contributed by atoms with Crippen LogP contribution in [-0.4, -0.2) is 17.8 Å². The number of hydrazone groups is 1. The maximum atomic E-state index is 6.39. The van der Waals surface area contributed by atoms with E-state index in [9.17, 15) is 0 Å². The molecule has 0 saturated heterocycles. The average molecular weight is 425 g/mol. The van der Waals surface area contributed by atoms with Crippen molar-refractivity contribution in [1.82, 2.24) is 5.01 Å². The zero-order valence-electron chi connectivity index (χ0n) is 15.7. The van der Waals surface area contributed by atoms with E-state index in [2.05, 4.69) is 0 Å². The van der Waals surface area contributed by atoms with E-state index in [1.165, 1.54) is 0 Å². The fraction of sp³-hybridized carbons (Fsp3) is 0.174. The van der Waals surface area contributed by atoms with Crippen molar-refractivity contribution in [3.63, 3.8) is 0 Å². The van der Waals surface area contributed by atoms with Gasteiger partial charge in [0.1, 0.15) is 11.5 Å².